The molecule has 24 heavy (non-hydrogen) atoms. The van der Waals surface area contributed by atoms with Gasteiger partial charge in [-0.05, 0) is 30.9 Å². The molecule has 3 atom stereocenters. The number of carbonyl (C=O) groups excluding carboxylic acids is 1. The molecular weight excluding hydrogens is 334 g/mol. The molecular formula is C15H23N3O5S. The Balaban J connectivity index is 2.11. The zero-order valence-corrected chi connectivity index (χ0v) is 14.5. The van der Waals surface area contributed by atoms with Crippen LogP contribution in [0.1, 0.15) is 26.7 Å². The van der Waals surface area contributed by atoms with E-state index in [4.69, 9.17) is 4.74 Å². The van der Waals surface area contributed by atoms with E-state index in [1.165, 1.54) is 24.5 Å². The minimum Gasteiger partial charge on any atom is -0.366 e. The molecule has 0 spiro atoms. The van der Waals surface area contributed by atoms with Crippen LogP contribution in [0.4, 0.5) is 0 Å². The van der Waals surface area contributed by atoms with Crippen molar-refractivity contribution in [3.05, 3.63) is 24.5 Å². The minimum absolute atomic E-state index is 0.00390. The van der Waals surface area contributed by atoms with Crippen molar-refractivity contribution in [2.75, 3.05) is 6.61 Å². The summed E-state index contributed by atoms with van der Waals surface area (Å²) in [5, 5.41) is 12.3. The van der Waals surface area contributed by atoms with Crippen molar-refractivity contribution in [2.24, 2.45) is 5.92 Å². The molecule has 1 amide bonds. The summed E-state index contributed by atoms with van der Waals surface area (Å²) in [4.78, 5) is 16.3. The molecule has 0 aromatic carbocycles. The van der Waals surface area contributed by atoms with Crippen molar-refractivity contribution in [3.63, 3.8) is 0 Å². The number of nitrogens with zero attached hydrogens (tertiary/aromatic N) is 1. The van der Waals surface area contributed by atoms with E-state index in [9.17, 15) is 18.3 Å². The van der Waals surface area contributed by atoms with Gasteiger partial charge in [0, 0.05) is 12.4 Å². The SMILES string of the molecule is CC(C)CC(NS(=O)(=O)c1cccnc1)C(=O)NC1CCOC1O. The number of aromatic nitrogens is 1. The second-order valence-corrected chi connectivity index (χ2v) is 7.87. The van der Waals surface area contributed by atoms with Gasteiger partial charge in [-0.1, -0.05) is 13.8 Å². The van der Waals surface area contributed by atoms with Gasteiger partial charge in [0.25, 0.3) is 0 Å². The highest BCUT2D eigenvalue weighted by Gasteiger charge is 2.32. The van der Waals surface area contributed by atoms with Crippen LogP contribution in [0.3, 0.4) is 0 Å². The lowest BCUT2D eigenvalue weighted by molar-refractivity contribution is -0.127. The van der Waals surface area contributed by atoms with E-state index in [1.54, 1.807) is 0 Å². The monoisotopic (exact) mass is 357 g/mol. The lowest BCUT2D eigenvalue weighted by atomic mass is 10.0. The number of hydrogen-bond acceptors (Lipinski definition) is 6. The summed E-state index contributed by atoms with van der Waals surface area (Å²) in [5.41, 5.74) is 0. The van der Waals surface area contributed by atoms with Gasteiger partial charge in [-0.3, -0.25) is 9.78 Å². The predicted molar refractivity (Wildman–Crippen MR) is 86.3 cm³/mol. The van der Waals surface area contributed by atoms with E-state index in [-0.39, 0.29) is 10.8 Å². The van der Waals surface area contributed by atoms with E-state index < -0.39 is 34.3 Å². The summed E-state index contributed by atoms with van der Waals surface area (Å²) in [7, 11) is -3.86. The number of ether oxygens (including phenoxy) is 1. The van der Waals surface area contributed by atoms with Gasteiger partial charge in [0.05, 0.1) is 12.6 Å². The van der Waals surface area contributed by atoms with E-state index >= 15 is 0 Å². The number of rotatable bonds is 7. The lowest BCUT2D eigenvalue weighted by Crippen LogP contribution is -2.51. The molecule has 2 rings (SSSR count). The number of hydrogen-bond donors (Lipinski definition) is 3. The van der Waals surface area contributed by atoms with Crippen LogP contribution < -0.4 is 10.0 Å². The topological polar surface area (TPSA) is 118 Å². The second kappa shape index (κ2) is 8.02. The van der Waals surface area contributed by atoms with Crippen molar-refractivity contribution in [1.29, 1.82) is 0 Å². The van der Waals surface area contributed by atoms with Crippen LogP contribution in [0, 0.1) is 5.92 Å². The zero-order valence-electron chi connectivity index (χ0n) is 13.7. The first-order chi connectivity index (χ1) is 11.3. The molecule has 134 valence electrons. The Bertz CT molecular complexity index is 650. The molecule has 1 aromatic rings. The summed E-state index contributed by atoms with van der Waals surface area (Å²) in [6, 6.07) is 1.45. The van der Waals surface area contributed by atoms with Crippen molar-refractivity contribution < 1.29 is 23.1 Å². The molecule has 0 bridgehead atoms. The first-order valence-electron chi connectivity index (χ1n) is 7.82. The van der Waals surface area contributed by atoms with Crippen LogP contribution in [0.15, 0.2) is 29.4 Å². The summed E-state index contributed by atoms with van der Waals surface area (Å²) in [5.74, 6) is -0.382. The van der Waals surface area contributed by atoms with Gasteiger partial charge in [0.15, 0.2) is 6.29 Å². The Morgan fingerprint density at radius 1 is 1.50 bits per heavy atom. The summed E-state index contributed by atoms with van der Waals surface area (Å²) < 4.78 is 32.3. The first kappa shape index (κ1) is 18.8. The van der Waals surface area contributed by atoms with Gasteiger partial charge < -0.3 is 15.2 Å². The Morgan fingerprint density at radius 3 is 2.79 bits per heavy atom. The van der Waals surface area contributed by atoms with Gasteiger partial charge in [-0.25, -0.2) is 8.42 Å². The molecule has 1 aromatic heterocycles. The van der Waals surface area contributed by atoms with Crippen LogP contribution in [-0.2, 0) is 19.6 Å². The van der Waals surface area contributed by atoms with Gasteiger partial charge in [-0.2, -0.15) is 4.72 Å². The molecule has 1 aliphatic heterocycles. The third-order valence-corrected chi connectivity index (χ3v) is 5.11. The number of amides is 1. The number of aliphatic hydroxyl groups is 1. The molecule has 2 heterocycles. The summed E-state index contributed by atoms with van der Waals surface area (Å²) >= 11 is 0. The molecule has 0 radical (unpaired) electrons. The number of carbonyl (C=O) groups is 1. The fraction of sp³-hybridized carbons (Fsp3) is 0.600. The second-order valence-electron chi connectivity index (χ2n) is 6.16. The highest BCUT2D eigenvalue weighted by Crippen LogP contribution is 2.14. The van der Waals surface area contributed by atoms with Gasteiger partial charge >= 0.3 is 0 Å². The fourth-order valence-electron chi connectivity index (χ4n) is 2.44. The zero-order chi connectivity index (χ0) is 17.7. The number of pyridine rings is 1. The first-order valence-corrected chi connectivity index (χ1v) is 9.30. The Morgan fingerprint density at radius 2 is 2.25 bits per heavy atom. The standard InChI is InChI=1S/C15H23N3O5S/c1-10(2)8-13(14(19)17-12-5-7-23-15(12)20)18-24(21,22)11-4-3-6-16-9-11/h3-4,6,9-10,12-13,15,18,20H,5,7-8H2,1-2H3,(H,17,19). The van der Waals surface area contributed by atoms with E-state index in [2.05, 4.69) is 15.0 Å². The van der Waals surface area contributed by atoms with Crippen LogP contribution >= 0.6 is 0 Å². The normalized spacial score (nSPS) is 22.5. The highest BCUT2D eigenvalue weighted by molar-refractivity contribution is 7.89. The Hall–Kier alpha value is -1.55. The van der Waals surface area contributed by atoms with Gasteiger partial charge in [0.2, 0.25) is 15.9 Å². The van der Waals surface area contributed by atoms with Gasteiger partial charge in [-0.15, -0.1) is 0 Å². The molecule has 9 heteroatoms. The van der Waals surface area contributed by atoms with Crippen molar-refractivity contribution in [2.45, 2.75) is 50.0 Å². The average Bonchev–Trinajstić information content (AvgIpc) is 2.92. The quantitative estimate of drug-likeness (QED) is 0.632. The molecule has 8 nitrogen and oxygen atoms in total. The molecule has 3 N–H and O–H groups in total. The fourth-order valence-corrected chi connectivity index (χ4v) is 3.61. The molecule has 1 aliphatic rings. The van der Waals surface area contributed by atoms with Crippen molar-refractivity contribution in [1.82, 2.24) is 15.0 Å². The third-order valence-electron chi connectivity index (χ3n) is 3.66. The van der Waals surface area contributed by atoms with Crippen molar-refractivity contribution >= 4 is 15.9 Å². The minimum atomic E-state index is -3.86. The number of nitrogens with one attached hydrogen (secondary N) is 2. The largest absolute Gasteiger partial charge is 0.366 e. The van der Waals surface area contributed by atoms with E-state index in [1.807, 2.05) is 13.8 Å². The molecule has 1 saturated heterocycles. The van der Waals surface area contributed by atoms with E-state index in [0.29, 0.717) is 19.4 Å². The average molecular weight is 357 g/mol. The smallest absolute Gasteiger partial charge is 0.242 e. The Labute approximate surface area is 141 Å². The third kappa shape index (κ3) is 4.97. The maximum atomic E-state index is 12.5. The van der Waals surface area contributed by atoms with Crippen LogP contribution in [0.25, 0.3) is 0 Å². The summed E-state index contributed by atoms with van der Waals surface area (Å²) in [6.45, 7) is 4.14. The number of aliphatic hydroxyl groups excluding tert-OH is 1. The van der Waals surface area contributed by atoms with Crippen LogP contribution in [0.2, 0.25) is 0 Å². The molecule has 0 saturated carbocycles. The van der Waals surface area contributed by atoms with Crippen LogP contribution in [0.5, 0.6) is 0 Å². The van der Waals surface area contributed by atoms with Gasteiger partial charge in [0.1, 0.15) is 10.9 Å². The lowest BCUT2D eigenvalue weighted by Gasteiger charge is -2.23. The van der Waals surface area contributed by atoms with E-state index in [0.717, 1.165) is 0 Å². The highest BCUT2D eigenvalue weighted by atomic mass is 32.2. The van der Waals surface area contributed by atoms with Crippen molar-refractivity contribution in [3.8, 4) is 0 Å². The maximum Gasteiger partial charge on any atom is 0.242 e. The predicted octanol–water partition coefficient (Wildman–Crippen LogP) is -0.00190. The number of sulfonamides is 1. The van der Waals surface area contributed by atoms with Crippen LogP contribution in [-0.4, -0.2) is 49.4 Å². The molecule has 3 unspecified atom stereocenters. The Kier molecular flexibility index (Phi) is 6.27. The summed E-state index contributed by atoms with van der Waals surface area (Å²) in [6.07, 6.45) is 2.44. The molecule has 1 fully saturated rings. The molecule has 0 aliphatic carbocycles. The maximum absolute atomic E-state index is 12.5.